The molecule has 0 aliphatic rings. The van der Waals surface area contributed by atoms with Gasteiger partial charge in [-0.2, -0.15) is 0 Å². The minimum absolute atomic E-state index is 0.190. The van der Waals surface area contributed by atoms with E-state index in [-0.39, 0.29) is 11.9 Å². The number of rotatable bonds is 4. The Hall–Kier alpha value is -0.570. The predicted octanol–water partition coefficient (Wildman–Crippen LogP) is -0.140. The van der Waals surface area contributed by atoms with Gasteiger partial charge in [0, 0.05) is 0 Å². The summed E-state index contributed by atoms with van der Waals surface area (Å²) < 4.78 is 0. The van der Waals surface area contributed by atoms with Crippen molar-refractivity contribution < 1.29 is 4.79 Å². The van der Waals surface area contributed by atoms with Gasteiger partial charge in [-0.15, -0.1) is 0 Å². The molecule has 3 nitrogen and oxygen atoms in total. The molecule has 3 N–H and O–H groups in total. The molecular formula is C6H14N2O. The highest BCUT2D eigenvalue weighted by Gasteiger charge is 2.04. The van der Waals surface area contributed by atoms with E-state index in [1.807, 2.05) is 6.92 Å². The maximum absolute atomic E-state index is 10.4. The molecule has 0 aliphatic carbocycles. The van der Waals surface area contributed by atoms with E-state index in [0.717, 1.165) is 13.0 Å². The van der Waals surface area contributed by atoms with Crippen LogP contribution >= 0.6 is 0 Å². The van der Waals surface area contributed by atoms with Crippen LogP contribution in [0, 0.1) is 0 Å². The highest BCUT2D eigenvalue weighted by atomic mass is 16.1. The number of nitrogens with two attached hydrogens (primary N) is 1. The Morgan fingerprint density at radius 3 is 2.67 bits per heavy atom. The highest BCUT2D eigenvalue weighted by Crippen LogP contribution is 1.78. The lowest BCUT2D eigenvalue weighted by atomic mass is 10.3. The standard InChI is InChI=1S/C6H14N2O/c1-3-4-8-5(2)6(7)9/h5,8H,3-4H2,1-2H3,(H2,7,9)/t5-/m0/s1. The molecule has 0 rings (SSSR count). The van der Waals surface area contributed by atoms with E-state index in [4.69, 9.17) is 5.73 Å². The lowest BCUT2D eigenvalue weighted by Gasteiger charge is -2.06. The van der Waals surface area contributed by atoms with Gasteiger partial charge in [0.1, 0.15) is 0 Å². The monoisotopic (exact) mass is 130 g/mol. The number of amides is 1. The quantitative estimate of drug-likeness (QED) is 0.556. The van der Waals surface area contributed by atoms with Crippen molar-refractivity contribution in [2.75, 3.05) is 6.54 Å². The van der Waals surface area contributed by atoms with E-state index in [0.29, 0.717) is 0 Å². The molecule has 0 aromatic carbocycles. The van der Waals surface area contributed by atoms with Crippen molar-refractivity contribution in [3.63, 3.8) is 0 Å². The molecule has 0 aromatic heterocycles. The first-order valence-corrected chi connectivity index (χ1v) is 3.21. The predicted molar refractivity (Wildman–Crippen MR) is 37.0 cm³/mol. The van der Waals surface area contributed by atoms with Crippen molar-refractivity contribution >= 4 is 5.91 Å². The molecule has 0 heterocycles. The first kappa shape index (κ1) is 8.43. The van der Waals surface area contributed by atoms with Crippen molar-refractivity contribution in [2.45, 2.75) is 26.3 Å². The fourth-order valence-electron chi connectivity index (χ4n) is 0.461. The maximum Gasteiger partial charge on any atom is 0.234 e. The third-order valence-electron chi connectivity index (χ3n) is 1.13. The number of carbonyl (C=O) groups excluding carboxylic acids is 1. The van der Waals surface area contributed by atoms with Gasteiger partial charge in [-0.25, -0.2) is 0 Å². The summed E-state index contributed by atoms with van der Waals surface area (Å²) in [7, 11) is 0. The Morgan fingerprint density at radius 2 is 2.33 bits per heavy atom. The topological polar surface area (TPSA) is 55.1 Å². The van der Waals surface area contributed by atoms with Gasteiger partial charge in [-0.05, 0) is 19.9 Å². The Kier molecular flexibility index (Phi) is 4.05. The SMILES string of the molecule is CCCN[C@@H](C)C(N)=O. The third-order valence-corrected chi connectivity index (χ3v) is 1.13. The molecule has 54 valence electrons. The molecule has 0 fully saturated rings. The lowest BCUT2D eigenvalue weighted by Crippen LogP contribution is -2.38. The Balaban J connectivity index is 3.27. The molecular weight excluding hydrogens is 116 g/mol. The van der Waals surface area contributed by atoms with E-state index < -0.39 is 0 Å². The van der Waals surface area contributed by atoms with Crippen molar-refractivity contribution in [3.05, 3.63) is 0 Å². The zero-order chi connectivity index (χ0) is 7.28. The molecule has 0 saturated carbocycles. The lowest BCUT2D eigenvalue weighted by molar-refractivity contribution is -0.119. The normalized spacial score (nSPS) is 13.1. The van der Waals surface area contributed by atoms with E-state index >= 15 is 0 Å². The van der Waals surface area contributed by atoms with Gasteiger partial charge in [0.05, 0.1) is 6.04 Å². The van der Waals surface area contributed by atoms with Crippen molar-refractivity contribution in [1.29, 1.82) is 0 Å². The summed E-state index contributed by atoms with van der Waals surface area (Å²) in [6.07, 6.45) is 1.03. The molecule has 0 saturated heterocycles. The van der Waals surface area contributed by atoms with Crippen LogP contribution in [-0.4, -0.2) is 18.5 Å². The van der Waals surface area contributed by atoms with Crippen LogP contribution in [0.2, 0.25) is 0 Å². The fraction of sp³-hybridized carbons (Fsp3) is 0.833. The average molecular weight is 130 g/mol. The largest absolute Gasteiger partial charge is 0.368 e. The summed E-state index contributed by atoms with van der Waals surface area (Å²) in [4.78, 5) is 10.4. The van der Waals surface area contributed by atoms with Crippen molar-refractivity contribution in [2.24, 2.45) is 5.73 Å². The molecule has 9 heavy (non-hydrogen) atoms. The van der Waals surface area contributed by atoms with E-state index in [1.54, 1.807) is 6.92 Å². The summed E-state index contributed by atoms with van der Waals surface area (Å²) in [5.41, 5.74) is 4.98. The van der Waals surface area contributed by atoms with Gasteiger partial charge < -0.3 is 11.1 Å². The molecule has 0 bridgehead atoms. The van der Waals surface area contributed by atoms with Crippen molar-refractivity contribution in [1.82, 2.24) is 5.32 Å². The Labute approximate surface area is 55.6 Å². The maximum atomic E-state index is 10.4. The minimum atomic E-state index is -0.288. The van der Waals surface area contributed by atoms with Crippen LogP contribution in [0.1, 0.15) is 20.3 Å². The first-order chi connectivity index (χ1) is 4.18. The average Bonchev–Trinajstić information content (AvgIpc) is 1.82. The fourth-order valence-corrected chi connectivity index (χ4v) is 0.461. The summed E-state index contributed by atoms with van der Waals surface area (Å²) in [5.74, 6) is -0.288. The second-order valence-corrected chi connectivity index (χ2v) is 2.08. The van der Waals surface area contributed by atoms with Gasteiger partial charge in [-0.3, -0.25) is 4.79 Å². The van der Waals surface area contributed by atoms with Crippen LogP contribution in [0.15, 0.2) is 0 Å². The minimum Gasteiger partial charge on any atom is -0.368 e. The van der Waals surface area contributed by atoms with E-state index in [1.165, 1.54) is 0 Å². The number of hydrogen-bond acceptors (Lipinski definition) is 2. The van der Waals surface area contributed by atoms with Gasteiger partial charge in [0.15, 0.2) is 0 Å². The molecule has 0 unspecified atom stereocenters. The molecule has 0 aliphatic heterocycles. The Bertz CT molecular complexity index is 93.1. The van der Waals surface area contributed by atoms with Crippen LogP contribution in [-0.2, 0) is 4.79 Å². The molecule has 0 radical (unpaired) electrons. The summed E-state index contributed by atoms with van der Waals surface area (Å²) in [6.45, 7) is 4.66. The number of carbonyl (C=O) groups is 1. The van der Waals surface area contributed by atoms with Gasteiger partial charge >= 0.3 is 0 Å². The number of hydrogen-bond donors (Lipinski definition) is 2. The van der Waals surface area contributed by atoms with Gasteiger partial charge in [0.2, 0.25) is 5.91 Å². The zero-order valence-corrected chi connectivity index (χ0v) is 5.98. The van der Waals surface area contributed by atoms with Gasteiger partial charge in [0.25, 0.3) is 0 Å². The van der Waals surface area contributed by atoms with Crippen LogP contribution in [0.4, 0.5) is 0 Å². The summed E-state index contributed by atoms with van der Waals surface area (Å²) in [6, 6.07) is -0.190. The second kappa shape index (κ2) is 4.32. The Morgan fingerprint density at radius 1 is 1.78 bits per heavy atom. The second-order valence-electron chi connectivity index (χ2n) is 2.08. The molecule has 1 amide bonds. The van der Waals surface area contributed by atoms with E-state index in [9.17, 15) is 4.79 Å². The number of nitrogens with one attached hydrogen (secondary N) is 1. The number of primary amides is 1. The molecule has 0 spiro atoms. The van der Waals surface area contributed by atoms with E-state index in [2.05, 4.69) is 5.32 Å². The van der Waals surface area contributed by atoms with Crippen LogP contribution in [0.5, 0.6) is 0 Å². The first-order valence-electron chi connectivity index (χ1n) is 3.21. The summed E-state index contributed by atoms with van der Waals surface area (Å²) in [5, 5.41) is 2.96. The molecule has 1 atom stereocenters. The van der Waals surface area contributed by atoms with Crippen LogP contribution in [0.25, 0.3) is 0 Å². The molecule has 0 aromatic rings. The molecule has 3 heteroatoms. The van der Waals surface area contributed by atoms with Crippen LogP contribution < -0.4 is 11.1 Å². The van der Waals surface area contributed by atoms with Crippen LogP contribution in [0.3, 0.4) is 0 Å². The summed E-state index contributed by atoms with van der Waals surface area (Å²) >= 11 is 0. The smallest absolute Gasteiger partial charge is 0.234 e. The third kappa shape index (κ3) is 3.97. The van der Waals surface area contributed by atoms with Crippen molar-refractivity contribution in [3.8, 4) is 0 Å². The highest BCUT2D eigenvalue weighted by molar-refractivity contribution is 5.79. The zero-order valence-electron chi connectivity index (χ0n) is 5.98. The van der Waals surface area contributed by atoms with Gasteiger partial charge in [-0.1, -0.05) is 6.92 Å².